The summed E-state index contributed by atoms with van der Waals surface area (Å²) in [7, 11) is 0. The molecule has 126 valence electrons. The smallest absolute Gasteiger partial charge is 0.255 e. The highest BCUT2D eigenvalue weighted by Crippen LogP contribution is 2.14. The lowest BCUT2D eigenvalue weighted by Crippen LogP contribution is -2.24. The molecule has 0 aliphatic heterocycles. The average molecular weight is 325 g/mol. The Morgan fingerprint density at radius 2 is 2.21 bits per heavy atom. The van der Waals surface area contributed by atoms with Gasteiger partial charge in [-0.2, -0.15) is 0 Å². The van der Waals surface area contributed by atoms with Crippen molar-refractivity contribution in [2.24, 2.45) is 0 Å². The van der Waals surface area contributed by atoms with Crippen molar-refractivity contribution in [3.63, 3.8) is 0 Å². The first-order valence-corrected chi connectivity index (χ1v) is 8.02. The van der Waals surface area contributed by atoms with Crippen molar-refractivity contribution in [3.05, 3.63) is 65.9 Å². The highest BCUT2D eigenvalue weighted by molar-refractivity contribution is 5.98. The number of nitrogens with zero attached hydrogens (tertiary/aromatic N) is 1. The molecule has 1 aromatic heterocycles. The molecule has 0 unspecified atom stereocenters. The second kappa shape index (κ2) is 9.35. The first kappa shape index (κ1) is 17.5. The molecule has 1 heterocycles. The van der Waals surface area contributed by atoms with Gasteiger partial charge < -0.3 is 15.8 Å². The Bertz CT molecular complexity index is 699. The van der Waals surface area contributed by atoms with Crippen molar-refractivity contribution in [1.29, 1.82) is 0 Å². The molecule has 1 amide bonds. The highest BCUT2D eigenvalue weighted by Gasteiger charge is 2.09. The lowest BCUT2D eigenvalue weighted by molar-refractivity contribution is 0.0951. The van der Waals surface area contributed by atoms with Gasteiger partial charge in [-0.25, -0.2) is 4.98 Å². The molecule has 5 nitrogen and oxygen atoms in total. The number of ether oxygens (including phenoxy) is 1. The minimum Gasteiger partial charge on any atom is -0.494 e. The summed E-state index contributed by atoms with van der Waals surface area (Å²) in [6, 6.07) is 11.1. The zero-order valence-corrected chi connectivity index (χ0v) is 13.9. The fourth-order valence-electron chi connectivity index (χ4n) is 2.19. The maximum atomic E-state index is 12.1. The molecule has 0 spiro atoms. The minimum atomic E-state index is -0.238. The van der Waals surface area contributed by atoms with Gasteiger partial charge in [0.05, 0.1) is 12.2 Å². The van der Waals surface area contributed by atoms with E-state index >= 15 is 0 Å². The van der Waals surface area contributed by atoms with Crippen LogP contribution in [0.2, 0.25) is 0 Å². The monoisotopic (exact) mass is 325 g/mol. The van der Waals surface area contributed by atoms with Gasteiger partial charge in [-0.05, 0) is 49.6 Å². The number of nitrogen functional groups attached to an aromatic ring is 1. The van der Waals surface area contributed by atoms with Crippen LogP contribution < -0.4 is 15.8 Å². The molecule has 2 aromatic rings. The van der Waals surface area contributed by atoms with Crippen molar-refractivity contribution in [2.75, 3.05) is 12.3 Å². The van der Waals surface area contributed by atoms with Crippen molar-refractivity contribution in [2.45, 2.75) is 26.3 Å². The van der Waals surface area contributed by atoms with E-state index < -0.39 is 0 Å². The van der Waals surface area contributed by atoms with E-state index in [1.807, 2.05) is 37.3 Å². The van der Waals surface area contributed by atoms with Crippen LogP contribution in [0, 0.1) is 0 Å². The molecular weight excluding hydrogens is 302 g/mol. The summed E-state index contributed by atoms with van der Waals surface area (Å²) in [6.07, 6.45) is 7.71. The second-order valence-electron chi connectivity index (χ2n) is 5.33. The summed E-state index contributed by atoms with van der Waals surface area (Å²) in [6.45, 7) is 3.09. The lowest BCUT2D eigenvalue weighted by atomic mass is 10.2. The molecule has 0 aliphatic carbocycles. The van der Waals surface area contributed by atoms with E-state index in [0.29, 0.717) is 18.7 Å². The normalized spacial score (nSPS) is 10.7. The van der Waals surface area contributed by atoms with E-state index in [-0.39, 0.29) is 11.7 Å². The third-order valence-corrected chi connectivity index (χ3v) is 3.45. The molecule has 0 bridgehead atoms. The van der Waals surface area contributed by atoms with Crippen LogP contribution >= 0.6 is 0 Å². The molecule has 3 N–H and O–H groups in total. The molecule has 0 saturated carbocycles. The molecule has 0 saturated heterocycles. The summed E-state index contributed by atoms with van der Waals surface area (Å²) in [5.74, 6) is 0.801. The summed E-state index contributed by atoms with van der Waals surface area (Å²) in [5, 5.41) is 2.84. The number of anilines is 1. The van der Waals surface area contributed by atoms with E-state index in [0.717, 1.165) is 24.2 Å². The largest absolute Gasteiger partial charge is 0.494 e. The van der Waals surface area contributed by atoms with Crippen LogP contribution in [-0.2, 0) is 6.54 Å². The standard InChI is InChI=1S/C19H23N3O2/c1-2-3-4-5-12-24-16-9-6-8-15(13-16)14-22-19(23)17-10-7-11-21-18(17)20/h2-3,6-11,13H,4-5,12,14H2,1H3,(H2,20,21)(H,22,23)/b3-2+. The third kappa shape index (κ3) is 5.43. The van der Waals surface area contributed by atoms with E-state index in [4.69, 9.17) is 10.5 Å². The number of allylic oxidation sites excluding steroid dienone is 2. The van der Waals surface area contributed by atoms with Crippen LogP contribution in [0.25, 0.3) is 0 Å². The van der Waals surface area contributed by atoms with Crippen molar-refractivity contribution >= 4 is 11.7 Å². The van der Waals surface area contributed by atoms with Crippen LogP contribution in [0.4, 0.5) is 5.82 Å². The number of hydrogen-bond acceptors (Lipinski definition) is 4. The lowest BCUT2D eigenvalue weighted by Gasteiger charge is -2.09. The van der Waals surface area contributed by atoms with E-state index in [9.17, 15) is 4.79 Å². The van der Waals surface area contributed by atoms with Crippen LogP contribution in [0.5, 0.6) is 5.75 Å². The maximum absolute atomic E-state index is 12.1. The summed E-state index contributed by atoms with van der Waals surface area (Å²) in [4.78, 5) is 16.0. The van der Waals surface area contributed by atoms with Crippen molar-refractivity contribution in [1.82, 2.24) is 10.3 Å². The predicted molar refractivity (Wildman–Crippen MR) is 95.8 cm³/mol. The summed E-state index contributed by atoms with van der Waals surface area (Å²) < 4.78 is 5.73. The van der Waals surface area contributed by atoms with E-state index in [2.05, 4.69) is 16.4 Å². The zero-order chi connectivity index (χ0) is 17.2. The molecule has 0 radical (unpaired) electrons. The number of carbonyl (C=O) groups is 1. The molecule has 0 fully saturated rings. The fraction of sp³-hybridized carbons (Fsp3) is 0.263. The summed E-state index contributed by atoms with van der Waals surface area (Å²) in [5.41, 5.74) is 7.06. The number of rotatable bonds is 8. The van der Waals surface area contributed by atoms with E-state index in [1.165, 1.54) is 0 Å². The minimum absolute atomic E-state index is 0.230. The first-order chi connectivity index (χ1) is 11.7. The van der Waals surface area contributed by atoms with Crippen LogP contribution in [-0.4, -0.2) is 17.5 Å². The van der Waals surface area contributed by atoms with Gasteiger partial charge in [0.1, 0.15) is 11.6 Å². The molecular formula is C19H23N3O2. The molecule has 1 aromatic carbocycles. The summed E-state index contributed by atoms with van der Waals surface area (Å²) >= 11 is 0. The van der Waals surface area contributed by atoms with Crippen LogP contribution in [0.1, 0.15) is 35.7 Å². The first-order valence-electron chi connectivity index (χ1n) is 8.02. The molecule has 0 aliphatic rings. The molecule has 2 rings (SSSR count). The predicted octanol–water partition coefficient (Wildman–Crippen LogP) is 3.33. The Labute approximate surface area is 142 Å². The quantitative estimate of drug-likeness (QED) is 0.576. The molecule has 5 heteroatoms. The van der Waals surface area contributed by atoms with Gasteiger partial charge in [-0.15, -0.1) is 0 Å². The Hall–Kier alpha value is -2.82. The number of carbonyl (C=O) groups excluding carboxylic acids is 1. The van der Waals surface area contributed by atoms with Crippen molar-refractivity contribution < 1.29 is 9.53 Å². The highest BCUT2D eigenvalue weighted by atomic mass is 16.5. The number of hydrogen-bond donors (Lipinski definition) is 2. The number of amides is 1. The average Bonchev–Trinajstić information content (AvgIpc) is 2.60. The van der Waals surface area contributed by atoms with Crippen molar-refractivity contribution in [3.8, 4) is 5.75 Å². The van der Waals surface area contributed by atoms with Gasteiger partial charge in [0, 0.05) is 12.7 Å². The fourth-order valence-corrected chi connectivity index (χ4v) is 2.19. The molecule has 24 heavy (non-hydrogen) atoms. The van der Waals surface area contributed by atoms with Crippen LogP contribution in [0.15, 0.2) is 54.7 Å². The second-order valence-corrected chi connectivity index (χ2v) is 5.33. The van der Waals surface area contributed by atoms with Crippen LogP contribution in [0.3, 0.4) is 0 Å². The molecule has 0 atom stereocenters. The van der Waals surface area contributed by atoms with Gasteiger partial charge in [-0.1, -0.05) is 24.3 Å². The van der Waals surface area contributed by atoms with Gasteiger partial charge in [0.15, 0.2) is 0 Å². The van der Waals surface area contributed by atoms with Gasteiger partial charge in [-0.3, -0.25) is 4.79 Å². The topological polar surface area (TPSA) is 77.2 Å². The number of pyridine rings is 1. The van der Waals surface area contributed by atoms with E-state index in [1.54, 1.807) is 18.3 Å². The van der Waals surface area contributed by atoms with Gasteiger partial charge in [0.2, 0.25) is 0 Å². The number of aromatic nitrogens is 1. The number of nitrogens with one attached hydrogen (secondary N) is 1. The SMILES string of the molecule is C/C=C/CCCOc1cccc(CNC(=O)c2cccnc2N)c1. The Balaban J connectivity index is 1.85. The number of unbranched alkanes of at least 4 members (excludes halogenated alkanes) is 1. The maximum Gasteiger partial charge on any atom is 0.255 e. The third-order valence-electron chi connectivity index (χ3n) is 3.45. The Morgan fingerprint density at radius 3 is 3.00 bits per heavy atom. The number of nitrogens with two attached hydrogens (primary N) is 1. The zero-order valence-electron chi connectivity index (χ0n) is 13.9. The number of benzene rings is 1. The Kier molecular flexibility index (Phi) is 6.83. The van der Waals surface area contributed by atoms with Gasteiger partial charge in [0.25, 0.3) is 5.91 Å². The Morgan fingerprint density at radius 1 is 1.33 bits per heavy atom. The van der Waals surface area contributed by atoms with Gasteiger partial charge >= 0.3 is 0 Å².